The highest BCUT2D eigenvalue weighted by molar-refractivity contribution is 7.98. The van der Waals surface area contributed by atoms with Crippen molar-refractivity contribution in [2.75, 3.05) is 12.0 Å². The molecule has 4 unspecified atom stereocenters. The highest BCUT2D eigenvalue weighted by atomic mass is 32.2. The zero-order valence-corrected chi connectivity index (χ0v) is 19.7. The molecule has 0 aromatic carbocycles. The molecule has 0 aliphatic rings. The van der Waals surface area contributed by atoms with Crippen LogP contribution >= 0.6 is 11.8 Å². The normalized spacial score (nSPS) is 14.1. The topological polar surface area (TPSA) is 260 Å². The Kier molecular flexibility index (Phi) is 12.2. The van der Waals surface area contributed by atoms with Crippen molar-refractivity contribution in [3.05, 3.63) is 18.2 Å². The molecule has 0 bridgehead atoms. The quantitative estimate of drug-likeness (QED) is 0.109. The number of carboxylic acid groups (broad SMARTS) is 2. The van der Waals surface area contributed by atoms with Crippen molar-refractivity contribution in [2.24, 2.45) is 11.5 Å². The summed E-state index contributed by atoms with van der Waals surface area (Å²) in [5.74, 6) is -5.96. The Hall–Kier alpha value is -3.66. The van der Waals surface area contributed by atoms with E-state index in [-0.39, 0.29) is 12.8 Å². The first kappa shape index (κ1) is 29.4. The van der Waals surface area contributed by atoms with Gasteiger partial charge in [0, 0.05) is 18.3 Å². The van der Waals surface area contributed by atoms with Crippen LogP contribution in [0.15, 0.2) is 12.5 Å². The van der Waals surface area contributed by atoms with Gasteiger partial charge in [0.1, 0.15) is 18.1 Å². The van der Waals surface area contributed by atoms with Gasteiger partial charge in [0.25, 0.3) is 0 Å². The molecule has 0 fully saturated rings. The number of nitrogens with zero attached hydrogens (tertiary/aromatic N) is 1. The summed E-state index contributed by atoms with van der Waals surface area (Å²) in [4.78, 5) is 78.3. The van der Waals surface area contributed by atoms with Crippen LogP contribution in [0, 0.1) is 0 Å². The number of aromatic amines is 1. The fourth-order valence-corrected chi connectivity index (χ4v) is 3.30. The van der Waals surface area contributed by atoms with E-state index in [2.05, 4.69) is 25.9 Å². The summed E-state index contributed by atoms with van der Waals surface area (Å²) in [5.41, 5.74) is 11.1. The van der Waals surface area contributed by atoms with Crippen molar-refractivity contribution in [1.82, 2.24) is 25.9 Å². The summed E-state index contributed by atoms with van der Waals surface area (Å²) in [6.07, 6.45) is 3.12. The third-order valence-electron chi connectivity index (χ3n) is 4.61. The van der Waals surface area contributed by atoms with E-state index in [1.165, 1.54) is 24.3 Å². The zero-order chi connectivity index (χ0) is 26.5. The Morgan fingerprint density at radius 1 is 1.00 bits per heavy atom. The highest BCUT2D eigenvalue weighted by Crippen LogP contribution is 2.05. The van der Waals surface area contributed by atoms with E-state index in [1.54, 1.807) is 6.26 Å². The number of nitrogens with one attached hydrogen (secondary N) is 4. The molecule has 4 atom stereocenters. The number of imidazole rings is 1. The number of thioether (sulfide) groups is 1. The van der Waals surface area contributed by atoms with Crippen molar-refractivity contribution in [3.8, 4) is 0 Å². The van der Waals surface area contributed by atoms with Crippen molar-refractivity contribution >= 4 is 47.3 Å². The molecule has 35 heavy (non-hydrogen) atoms. The maximum Gasteiger partial charge on any atom is 0.326 e. The van der Waals surface area contributed by atoms with Crippen molar-refractivity contribution in [2.45, 2.75) is 49.9 Å². The molecule has 0 aliphatic carbocycles. The maximum absolute atomic E-state index is 12.9. The van der Waals surface area contributed by atoms with Gasteiger partial charge in [-0.25, -0.2) is 9.78 Å². The molecule has 10 N–H and O–H groups in total. The predicted octanol–water partition coefficient (Wildman–Crippen LogP) is -3.08. The summed E-state index contributed by atoms with van der Waals surface area (Å²) >= 11 is 1.39. The van der Waals surface area contributed by atoms with Gasteiger partial charge in [-0.2, -0.15) is 11.8 Å². The van der Waals surface area contributed by atoms with Gasteiger partial charge in [0.05, 0.1) is 25.2 Å². The van der Waals surface area contributed by atoms with Crippen LogP contribution in [0.1, 0.15) is 25.0 Å². The molecule has 0 saturated heterocycles. The van der Waals surface area contributed by atoms with Crippen LogP contribution in [0.2, 0.25) is 0 Å². The largest absolute Gasteiger partial charge is 0.481 e. The van der Waals surface area contributed by atoms with Gasteiger partial charge >= 0.3 is 11.9 Å². The number of nitrogens with two attached hydrogens (primary N) is 2. The molecule has 0 aliphatic heterocycles. The number of amides is 4. The number of carboxylic acids is 2. The molecule has 194 valence electrons. The van der Waals surface area contributed by atoms with Gasteiger partial charge in [-0.15, -0.1) is 0 Å². The predicted molar refractivity (Wildman–Crippen MR) is 123 cm³/mol. The number of aromatic nitrogens is 2. The van der Waals surface area contributed by atoms with E-state index < -0.39 is 72.6 Å². The minimum Gasteiger partial charge on any atom is -0.481 e. The standard InChI is InChI=1S/C19H29N7O8S/c1-35-3-2-11(19(33)34)24-17(31)12(4-9-7-22-8-23-9)26-18(32)13(6-14(21)27)25-16(30)10(20)5-15(28)29/h7-8,10-13H,2-6,20H2,1H3,(H2,21,27)(H,22,23)(H,24,31)(H,25,30)(H,26,32)(H,28,29)(H,33,34). The smallest absolute Gasteiger partial charge is 0.326 e. The lowest BCUT2D eigenvalue weighted by Crippen LogP contribution is -2.58. The van der Waals surface area contributed by atoms with Crippen molar-refractivity contribution in [1.29, 1.82) is 0 Å². The number of carbonyl (C=O) groups is 6. The van der Waals surface area contributed by atoms with E-state index in [0.717, 1.165) is 0 Å². The fourth-order valence-electron chi connectivity index (χ4n) is 2.83. The van der Waals surface area contributed by atoms with E-state index >= 15 is 0 Å². The van der Waals surface area contributed by atoms with E-state index in [9.17, 15) is 33.9 Å². The van der Waals surface area contributed by atoms with Crippen LogP contribution in [-0.2, 0) is 35.2 Å². The van der Waals surface area contributed by atoms with Crippen LogP contribution in [0.25, 0.3) is 0 Å². The number of rotatable bonds is 16. The number of hydrogen-bond acceptors (Lipinski definition) is 9. The lowest BCUT2D eigenvalue weighted by atomic mass is 10.1. The molecule has 1 aromatic rings. The minimum absolute atomic E-state index is 0.123. The van der Waals surface area contributed by atoms with Crippen molar-refractivity contribution in [3.63, 3.8) is 0 Å². The third-order valence-corrected chi connectivity index (χ3v) is 5.25. The maximum atomic E-state index is 12.9. The molecule has 1 heterocycles. The van der Waals surface area contributed by atoms with Gasteiger partial charge < -0.3 is 42.6 Å². The van der Waals surface area contributed by atoms with Crippen LogP contribution in [0.4, 0.5) is 0 Å². The fraction of sp³-hybridized carbons (Fsp3) is 0.526. The number of H-pyrrole nitrogens is 1. The molecular weight excluding hydrogens is 486 g/mol. The molecule has 1 rings (SSSR count). The van der Waals surface area contributed by atoms with Crippen LogP contribution in [0.5, 0.6) is 0 Å². The van der Waals surface area contributed by atoms with Gasteiger partial charge in [0.15, 0.2) is 0 Å². The van der Waals surface area contributed by atoms with Crippen LogP contribution in [-0.4, -0.2) is 91.9 Å². The minimum atomic E-state index is -1.57. The Bertz CT molecular complexity index is 911. The van der Waals surface area contributed by atoms with Crippen molar-refractivity contribution < 1.29 is 39.0 Å². The lowest BCUT2D eigenvalue weighted by Gasteiger charge is -2.24. The molecule has 4 amide bonds. The molecule has 15 nitrogen and oxygen atoms in total. The number of hydrogen-bond donors (Lipinski definition) is 8. The number of aliphatic carboxylic acids is 2. The molecule has 0 radical (unpaired) electrons. The van der Waals surface area contributed by atoms with Gasteiger partial charge in [-0.1, -0.05) is 0 Å². The molecular formula is C19H29N7O8S. The second-order valence-corrected chi connectivity index (χ2v) is 8.44. The average Bonchev–Trinajstić information content (AvgIpc) is 3.27. The first-order valence-corrected chi connectivity index (χ1v) is 11.7. The summed E-state index contributed by atoms with van der Waals surface area (Å²) in [7, 11) is 0. The monoisotopic (exact) mass is 515 g/mol. The second-order valence-electron chi connectivity index (χ2n) is 7.46. The first-order valence-electron chi connectivity index (χ1n) is 10.3. The summed E-state index contributed by atoms with van der Waals surface area (Å²) < 4.78 is 0. The Morgan fingerprint density at radius 3 is 2.11 bits per heavy atom. The van der Waals surface area contributed by atoms with E-state index in [1.807, 2.05) is 0 Å². The highest BCUT2D eigenvalue weighted by Gasteiger charge is 2.31. The SMILES string of the molecule is CSCCC(NC(=O)C(Cc1cnc[nH]1)NC(=O)C(CC(N)=O)NC(=O)C(N)CC(=O)O)C(=O)O. The second kappa shape index (κ2) is 14.6. The number of primary amides is 1. The zero-order valence-electron chi connectivity index (χ0n) is 18.9. The van der Waals surface area contributed by atoms with Crippen LogP contribution in [0.3, 0.4) is 0 Å². The number of carbonyl (C=O) groups excluding carboxylic acids is 4. The molecule has 0 saturated carbocycles. The first-order chi connectivity index (χ1) is 16.4. The summed E-state index contributed by atoms with van der Waals surface area (Å²) in [5, 5.41) is 25.1. The van der Waals surface area contributed by atoms with Gasteiger partial charge in [-0.3, -0.25) is 24.0 Å². The average molecular weight is 516 g/mol. The summed E-state index contributed by atoms with van der Waals surface area (Å²) in [6, 6.07) is -5.61. The third kappa shape index (κ3) is 10.9. The van der Waals surface area contributed by atoms with E-state index in [0.29, 0.717) is 11.4 Å². The Balaban J connectivity index is 3.05. The molecule has 16 heteroatoms. The van der Waals surface area contributed by atoms with Gasteiger partial charge in [-0.05, 0) is 18.4 Å². The van der Waals surface area contributed by atoms with E-state index in [4.69, 9.17) is 16.6 Å². The summed E-state index contributed by atoms with van der Waals surface area (Å²) in [6.45, 7) is 0. The molecule has 1 aromatic heterocycles. The lowest BCUT2D eigenvalue weighted by molar-refractivity contribution is -0.142. The Morgan fingerprint density at radius 2 is 1.60 bits per heavy atom. The Labute approximate surface area is 204 Å². The molecule has 0 spiro atoms. The van der Waals surface area contributed by atoms with Gasteiger partial charge in [0.2, 0.25) is 23.6 Å². The van der Waals surface area contributed by atoms with Crippen LogP contribution < -0.4 is 27.4 Å².